The van der Waals surface area contributed by atoms with E-state index in [1.165, 1.54) is 5.01 Å². The van der Waals surface area contributed by atoms with Crippen molar-refractivity contribution in [1.82, 2.24) is 20.9 Å². The van der Waals surface area contributed by atoms with E-state index in [4.69, 9.17) is 4.74 Å². The predicted molar refractivity (Wildman–Crippen MR) is 124 cm³/mol. The Morgan fingerprint density at radius 2 is 1.85 bits per heavy atom. The minimum absolute atomic E-state index is 0. The Balaban J connectivity index is 0.00000676. The van der Waals surface area contributed by atoms with Gasteiger partial charge in [0.2, 0.25) is 0 Å². The molecule has 1 amide bonds. The molecular formula is C18H34IN5O2S. The maximum absolute atomic E-state index is 11.5. The van der Waals surface area contributed by atoms with Gasteiger partial charge in [0.15, 0.2) is 5.96 Å². The molecule has 1 aromatic rings. The number of aromatic nitrogens is 1. The summed E-state index contributed by atoms with van der Waals surface area (Å²) in [6.07, 6.45) is 1.26. The average molecular weight is 511 g/mol. The van der Waals surface area contributed by atoms with Crippen LogP contribution in [0.4, 0.5) is 4.79 Å². The minimum atomic E-state index is -0.471. The van der Waals surface area contributed by atoms with Crippen LogP contribution < -0.4 is 16.0 Å². The van der Waals surface area contributed by atoms with Crippen molar-refractivity contribution >= 4 is 47.4 Å². The second kappa shape index (κ2) is 13.1. The van der Waals surface area contributed by atoms with E-state index in [2.05, 4.69) is 45.2 Å². The molecule has 0 saturated carbocycles. The number of nitrogens with zero attached hydrogens (tertiary/aromatic N) is 2. The van der Waals surface area contributed by atoms with E-state index in [0.717, 1.165) is 31.0 Å². The van der Waals surface area contributed by atoms with E-state index in [9.17, 15) is 4.79 Å². The fourth-order valence-electron chi connectivity index (χ4n) is 2.03. The molecule has 1 aromatic heterocycles. The highest BCUT2D eigenvalue weighted by Gasteiger charge is 2.15. The van der Waals surface area contributed by atoms with Crippen molar-refractivity contribution in [3.05, 3.63) is 16.1 Å². The molecule has 0 aliphatic heterocycles. The molecule has 0 atom stereocenters. The number of guanidine groups is 1. The van der Waals surface area contributed by atoms with Crippen LogP contribution in [0.2, 0.25) is 0 Å². The molecule has 0 spiro atoms. The number of rotatable bonds is 8. The lowest BCUT2D eigenvalue weighted by atomic mass is 10.2. The number of amides is 1. The van der Waals surface area contributed by atoms with Gasteiger partial charge in [-0.15, -0.1) is 35.3 Å². The molecule has 1 heterocycles. The number of halogens is 1. The molecule has 7 nitrogen and oxygen atoms in total. The normalized spacial score (nSPS) is 11.7. The van der Waals surface area contributed by atoms with E-state index in [1.54, 1.807) is 18.4 Å². The summed E-state index contributed by atoms with van der Waals surface area (Å²) in [5, 5.41) is 12.5. The zero-order valence-electron chi connectivity index (χ0n) is 17.2. The van der Waals surface area contributed by atoms with Gasteiger partial charge in [0.05, 0.1) is 10.7 Å². The Bertz CT molecular complexity index is 585. The zero-order chi connectivity index (χ0) is 19.6. The van der Waals surface area contributed by atoms with Crippen LogP contribution in [0.3, 0.4) is 0 Å². The van der Waals surface area contributed by atoms with Crippen molar-refractivity contribution in [3.8, 4) is 0 Å². The third-order valence-corrected chi connectivity index (χ3v) is 4.47. The van der Waals surface area contributed by atoms with Crippen molar-refractivity contribution in [3.63, 3.8) is 0 Å². The molecule has 0 aliphatic carbocycles. The van der Waals surface area contributed by atoms with Gasteiger partial charge in [-0.25, -0.2) is 9.78 Å². The number of ether oxygens (including phenoxy) is 1. The van der Waals surface area contributed by atoms with Gasteiger partial charge in [0, 0.05) is 44.4 Å². The van der Waals surface area contributed by atoms with Crippen LogP contribution in [0, 0.1) is 0 Å². The maximum Gasteiger partial charge on any atom is 0.407 e. The predicted octanol–water partition coefficient (Wildman–Crippen LogP) is 3.51. The monoisotopic (exact) mass is 511 g/mol. The molecule has 0 saturated heterocycles. The lowest BCUT2D eigenvalue weighted by Crippen LogP contribution is -2.40. The number of hydrogen-bond acceptors (Lipinski definition) is 5. The fourth-order valence-corrected chi connectivity index (χ4v) is 2.90. The number of carbonyl (C=O) groups is 1. The number of aliphatic imine (C=N–C) groups is 1. The highest BCUT2D eigenvalue weighted by Crippen LogP contribution is 2.19. The van der Waals surface area contributed by atoms with E-state index in [1.807, 2.05) is 20.8 Å². The molecule has 0 aliphatic rings. The van der Waals surface area contributed by atoms with E-state index >= 15 is 0 Å². The third kappa shape index (κ3) is 12.1. The molecule has 0 aromatic carbocycles. The molecule has 27 heavy (non-hydrogen) atoms. The SMILES string of the molecule is CN=C(NCCCNC(=O)OC(C)(C)C)NCCc1csc(C(C)C)n1.I. The van der Waals surface area contributed by atoms with Crippen LogP contribution in [0.25, 0.3) is 0 Å². The first-order chi connectivity index (χ1) is 12.2. The van der Waals surface area contributed by atoms with Gasteiger partial charge >= 0.3 is 6.09 Å². The lowest BCUT2D eigenvalue weighted by Gasteiger charge is -2.19. The highest BCUT2D eigenvalue weighted by atomic mass is 127. The van der Waals surface area contributed by atoms with E-state index < -0.39 is 5.60 Å². The second-order valence-electron chi connectivity index (χ2n) is 7.29. The number of alkyl carbamates (subject to hydrolysis) is 1. The summed E-state index contributed by atoms with van der Waals surface area (Å²) < 4.78 is 5.19. The van der Waals surface area contributed by atoms with Crippen molar-refractivity contribution in [2.75, 3.05) is 26.7 Å². The molecule has 0 bridgehead atoms. The Morgan fingerprint density at radius 1 is 1.22 bits per heavy atom. The quantitative estimate of drug-likeness (QED) is 0.215. The van der Waals surface area contributed by atoms with Crippen LogP contribution >= 0.6 is 35.3 Å². The Hall–Kier alpha value is -1.10. The molecule has 0 radical (unpaired) electrons. The standard InChI is InChI=1S/C18H33N5O2S.HI/c1-13(2)15-23-14(12-26-15)8-11-21-16(19-6)20-9-7-10-22-17(24)25-18(3,4)5;/h12-13H,7-11H2,1-6H3,(H,22,24)(H2,19,20,21);1H. The molecule has 3 N–H and O–H groups in total. The third-order valence-electron chi connectivity index (χ3n) is 3.27. The topological polar surface area (TPSA) is 87.6 Å². The smallest absolute Gasteiger partial charge is 0.407 e. The Kier molecular flexibility index (Phi) is 12.6. The molecular weight excluding hydrogens is 477 g/mol. The molecule has 0 fully saturated rings. The molecule has 156 valence electrons. The number of thiazole rings is 1. The van der Waals surface area contributed by atoms with Crippen LogP contribution in [0.15, 0.2) is 10.4 Å². The second-order valence-corrected chi connectivity index (χ2v) is 8.18. The summed E-state index contributed by atoms with van der Waals surface area (Å²) >= 11 is 1.72. The molecule has 0 unspecified atom stereocenters. The first kappa shape index (κ1) is 25.9. The van der Waals surface area contributed by atoms with Crippen LogP contribution in [-0.4, -0.2) is 49.3 Å². The molecule has 9 heteroatoms. The zero-order valence-corrected chi connectivity index (χ0v) is 20.4. The van der Waals surface area contributed by atoms with Gasteiger partial charge in [-0.05, 0) is 27.2 Å². The summed E-state index contributed by atoms with van der Waals surface area (Å²) in [5.41, 5.74) is 0.643. The average Bonchev–Trinajstić information content (AvgIpc) is 3.00. The largest absolute Gasteiger partial charge is 0.444 e. The van der Waals surface area contributed by atoms with Crippen LogP contribution in [0.5, 0.6) is 0 Å². The van der Waals surface area contributed by atoms with E-state index in [-0.39, 0.29) is 30.1 Å². The summed E-state index contributed by atoms with van der Waals surface area (Å²) in [7, 11) is 1.74. The fraction of sp³-hybridized carbons (Fsp3) is 0.722. The van der Waals surface area contributed by atoms with E-state index in [0.29, 0.717) is 19.0 Å². The van der Waals surface area contributed by atoms with Crippen molar-refractivity contribution in [1.29, 1.82) is 0 Å². The number of carbonyl (C=O) groups excluding carboxylic acids is 1. The summed E-state index contributed by atoms with van der Waals surface area (Å²) in [6, 6.07) is 0. The van der Waals surface area contributed by atoms with Crippen molar-refractivity contribution in [2.24, 2.45) is 4.99 Å². The Labute approximate surface area is 184 Å². The highest BCUT2D eigenvalue weighted by molar-refractivity contribution is 14.0. The first-order valence-electron chi connectivity index (χ1n) is 9.07. The van der Waals surface area contributed by atoms with Gasteiger partial charge in [0.25, 0.3) is 0 Å². The molecule has 1 rings (SSSR count). The summed E-state index contributed by atoms with van der Waals surface area (Å²) in [5.74, 6) is 1.23. The van der Waals surface area contributed by atoms with Crippen molar-refractivity contribution in [2.45, 2.75) is 59.0 Å². The summed E-state index contributed by atoms with van der Waals surface area (Å²) in [4.78, 5) is 20.4. The first-order valence-corrected chi connectivity index (χ1v) is 9.95. The number of hydrogen-bond donors (Lipinski definition) is 3. The lowest BCUT2D eigenvalue weighted by molar-refractivity contribution is 0.0527. The van der Waals surface area contributed by atoms with Crippen molar-refractivity contribution < 1.29 is 9.53 Å². The number of nitrogens with one attached hydrogen (secondary N) is 3. The van der Waals surface area contributed by atoms with Gasteiger partial charge in [-0.1, -0.05) is 13.8 Å². The van der Waals surface area contributed by atoms with Gasteiger partial charge < -0.3 is 20.7 Å². The summed E-state index contributed by atoms with van der Waals surface area (Å²) in [6.45, 7) is 11.9. The Morgan fingerprint density at radius 3 is 2.41 bits per heavy atom. The maximum atomic E-state index is 11.5. The minimum Gasteiger partial charge on any atom is -0.444 e. The van der Waals surface area contributed by atoms with Crippen LogP contribution in [0.1, 0.15) is 57.7 Å². The van der Waals surface area contributed by atoms with Gasteiger partial charge in [0.1, 0.15) is 5.60 Å². The van der Waals surface area contributed by atoms with Gasteiger partial charge in [-0.3, -0.25) is 4.99 Å². The van der Waals surface area contributed by atoms with Gasteiger partial charge in [-0.2, -0.15) is 0 Å². The van der Waals surface area contributed by atoms with Crippen LogP contribution in [-0.2, 0) is 11.2 Å².